The third-order valence-electron chi connectivity index (χ3n) is 3.76. The number of amides is 1. The zero-order valence-corrected chi connectivity index (χ0v) is 15.0. The molecule has 0 saturated carbocycles. The number of carbonyl (C=O) groups excluding carboxylic acids is 2. The highest BCUT2D eigenvalue weighted by Gasteiger charge is 2.21. The van der Waals surface area contributed by atoms with Crippen LogP contribution in [0.3, 0.4) is 0 Å². The van der Waals surface area contributed by atoms with Gasteiger partial charge in [-0.2, -0.15) is 0 Å². The van der Waals surface area contributed by atoms with Gasteiger partial charge < -0.3 is 14.4 Å². The van der Waals surface area contributed by atoms with Gasteiger partial charge in [0, 0.05) is 18.1 Å². The first kappa shape index (κ1) is 18.8. The van der Waals surface area contributed by atoms with Crippen LogP contribution in [0.5, 0.6) is 5.75 Å². The van der Waals surface area contributed by atoms with Crippen molar-refractivity contribution in [3.05, 3.63) is 64.7 Å². The van der Waals surface area contributed by atoms with Crippen LogP contribution in [-0.4, -0.2) is 37.5 Å². The minimum absolute atomic E-state index is 0.0990. The second kappa shape index (κ2) is 9.08. The summed E-state index contributed by atoms with van der Waals surface area (Å²) in [6.07, 6.45) is 0.0990. The smallest absolute Gasteiger partial charge is 0.307 e. The Bertz CT molecular complexity index is 748. The van der Waals surface area contributed by atoms with E-state index in [1.807, 2.05) is 18.2 Å². The molecule has 0 N–H and O–H groups in total. The fourth-order valence-electron chi connectivity index (χ4n) is 2.40. The largest absolute Gasteiger partial charge is 0.496 e. The highest BCUT2D eigenvalue weighted by molar-refractivity contribution is 6.31. The van der Waals surface area contributed by atoms with E-state index < -0.39 is 0 Å². The first-order valence-corrected chi connectivity index (χ1v) is 8.17. The lowest BCUT2D eigenvalue weighted by atomic mass is 10.1. The number of carbonyl (C=O) groups is 2. The molecule has 2 aromatic rings. The molecule has 2 aromatic carbocycles. The summed E-state index contributed by atoms with van der Waals surface area (Å²) in [6, 6.07) is 14.3. The molecule has 0 radical (unpaired) electrons. The molecular weight excluding hydrogens is 342 g/mol. The molecule has 132 valence electrons. The average Bonchev–Trinajstić information content (AvgIpc) is 2.65. The van der Waals surface area contributed by atoms with Gasteiger partial charge in [-0.1, -0.05) is 41.9 Å². The Hall–Kier alpha value is -2.53. The van der Waals surface area contributed by atoms with Gasteiger partial charge in [-0.3, -0.25) is 9.59 Å². The van der Waals surface area contributed by atoms with E-state index in [2.05, 4.69) is 4.74 Å². The number of esters is 1. The van der Waals surface area contributed by atoms with Gasteiger partial charge in [0.1, 0.15) is 5.75 Å². The summed E-state index contributed by atoms with van der Waals surface area (Å²) in [7, 11) is 2.84. The molecule has 0 unspecified atom stereocenters. The van der Waals surface area contributed by atoms with Crippen LogP contribution in [0, 0.1) is 0 Å². The van der Waals surface area contributed by atoms with Gasteiger partial charge in [-0.25, -0.2) is 0 Å². The molecule has 0 saturated heterocycles. The lowest BCUT2D eigenvalue weighted by Gasteiger charge is -2.24. The molecule has 0 aliphatic heterocycles. The highest BCUT2D eigenvalue weighted by Crippen LogP contribution is 2.23. The van der Waals surface area contributed by atoms with Gasteiger partial charge in [0.15, 0.2) is 0 Å². The van der Waals surface area contributed by atoms with Crippen LogP contribution >= 0.6 is 11.6 Å². The number of hydrogen-bond donors (Lipinski definition) is 0. The molecule has 0 aromatic heterocycles. The van der Waals surface area contributed by atoms with Crippen molar-refractivity contribution < 1.29 is 19.1 Å². The zero-order chi connectivity index (χ0) is 18.2. The Morgan fingerprint density at radius 2 is 1.72 bits per heavy atom. The molecule has 0 bridgehead atoms. The molecule has 0 fully saturated rings. The topological polar surface area (TPSA) is 55.8 Å². The van der Waals surface area contributed by atoms with Crippen molar-refractivity contribution >= 4 is 23.5 Å². The number of methoxy groups -OCH3 is 2. The number of para-hydroxylation sites is 1. The third-order valence-corrected chi connectivity index (χ3v) is 4.13. The van der Waals surface area contributed by atoms with Crippen molar-refractivity contribution in [1.29, 1.82) is 0 Å². The predicted octanol–water partition coefficient (Wildman–Crippen LogP) is 3.55. The SMILES string of the molecule is COC(=O)CCN(Cc1ccccc1Cl)C(=O)c1ccccc1OC. The summed E-state index contributed by atoms with van der Waals surface area (Å²) in [6.45, 7) is 0.502. The van der Waals surface area contributed by atoms with Crippen LogP contribution in [0.15, 0.2) is 48.5 Å². The Morgan fingerprint density at radius 3 is 2.40 bits per heavy atom. The minimum atomic E-state index is -0.378. The van der Waals surface area contributed by atoms with Gasteiger partial charge >= 0.3 is 5.97 Å². The van der Waals surface area contributed by atoms with E-state index in [0.29, 0.717) is 16.3 Å². The summed E-state index contributed by atoms with van der Waals surface area (Å²) in [5.41, 5.74) is 1.24. The molecule has 0 heterocycles. The van der Waals surface area contributed by atoms with Crippen LogP contribution in [-0.2, 0) is 16.1 Å². The minimum Gasteiger partial charge on any atom is -0.496 e. The van der Waals surface area contributed by atoms with Crippen molar-refractivity contribution in [3.63, 3.8) is 0 Å². The van der Waals surface area contributed by atoms with E-state index in [9.17, 15) is 9.59 Å². The monoisotopic (exact) mass is 361 g/mol. The van der Waals surface area contributed by atoms with Crippen LogP contribution in [0.25, 0.3) is 0 Å². The normalized spacial score (nSPS) is 10.2. The lowest BCUT2D eigenvalue weighted by Crippen LogP contribution is -2.33. The number of benzene rings is 2. The Morgan fingerprint density at radius 1 is 1.04 bits per heavy atom. The Labute approximate surface area is 152 Å². The lowest BCUT2D eigenvalue weighted by molar-refractivity contribution is -0.140. The van der Waals surface area contributed by atoms with Crippen molar-refractivity contribution in [3.8, 4) is 5.75 Å². The van der Waals surface area contributed by atoms with E-state index in [1.54, 1.807) is 35.2 Å². The molecular formula is C19H20ClNO4. The summed E-state index contributed by atoms with van der Waals surface area (Å²) < 4.78 is 9.95. The fraction of sp³-hybridized carbons (Fsp3) is 0.263. The molecule has 0 atom stereocenters. The van der Waals surface area contributed by atoms with E-state index in [4.69, 9.17) is 16.3 Å². The molecule has 0 spiro atoms. The average molecular weight is 362 g/mol. The van der Waals surface area contributed by atoms with E-state index >= 15 is 0 Å². The molecule has 2 rings (SSSR count). The second-order valence-electron chi connectivity index (χ2n) is 5.34. The van der Waals surface area contributed by atoms with Gasteiger partial charge in [0.25, 0.3) is 5.91 Å². The van der Waals surface area contributed by atoms with Crippen molar-refractivity contribution in [2.24, 2.45) is 0 Å². The number of ether oxygens (including phenoxy) is 2. The third kappa shape index (κ3) is 4.97. The standard InChI is InChI=1S/C19H20ClNO4/c1-24-17-10-6-4-8-15(17)19(23)21(12-11-18(22)25-2)13-14-7-3-5-9-16(14)20/h3-10H,11-13H2,1-2H3. The molecule has 0 aliphatic rings. The first-order chi connectivity index (χ1) is 12.1. The second-order valence-corrected chi connectivity index (χ2v) is 5.75. The molecule has 25 heavy (non-hydrogen) atoms. The number of rotatable bonds is 7. The summed E-state index contributed by atoms with van der Waals surface area (Å²) in [5.74, 6) is -0.131. The van der Waals surface area contributed by atoms with Crippen LogP contribution in [0.1, 0.15) is 22.3 Å². The first-order valence-electron chi connectivity index (χ1n) is 7.79. The highest BCUT2D eigenvalue weighted by atomic mass is 35.5. The van der Waals surface area contributed by atoms with Gasteiger partial charge in [0.05, 0.1) is 26.2 Å². The van der Waals surface area contributed by atoms with Crippen molar-refractivity contribution in [2.45, 2.75) is 13.0 Å². The van der Waals surface area contributed by atoms with E-state index in [-0.39, 0.29) is 31.4 Å². The summed E-state index contributed by atoms with van der Waals surface area (Å²) in [5, 5.41) is 0.568. The van der Waals surface area contributed by atoms with E-state index in [1.165, 1.54) is 14.2 Å². The van der Waals surface area contributed by atoms with Gasteiger partial charge in [0.2, 0.25) is 0 Å². The van der Waals surface area contributed by atoms with Crippen LogP contribution in [0.2, 0.25) is 5.02 Å². The molecule has 5 nitrogen and oxygen atoms in total. The molecule has 1 amide bonds. The van der Waals surface area contributed by atoms with E-state index in [0.717, 1.165) is 5.56 Å². The molecule has 6 heteroatoms. The Balaban J connectivity index is 2.28. The number of nitrogens with zero attached hydrogens (tertiary/aromatic N) is 1. The van der Waals surface area contributed by atoms with Gasteiger partial charge in [-0.15, -0.1) is 0 Å². The number of hydrogen-bond acceptors (Lipinski definition) is 4. The molecule has 0 aliphatic carbocycles. The van der Waals surface area contributed by atoms with Crippen LogP contribution < -0.4 is 4.74 Å². The Kier molecular flexibility index (Phi) is 6.83. The summed E-state index contributed by atoms with van der Waals surface area (Å²) >= 11 is 6.21. The van der Waals surface area contributed by atoms with Crippen molar-refractivity contribution in [2.75, 3.05) is 20.8 Å². The van der Waals surface area contributed by atoms with Crippen molar-refractivity contribution in [1.82, 2.24) is 4.90 Å². The quantitative estimate of drug-likeness (QED) is 0.708. The maximum absolute atomic E-state index is 13.0. The number of halogens is 1. The maximum Gasteiger partial charge on any atom is 0.307 e. The zero-order valence-electron chi connectivity index (χ0n) is 14.2. The van der Waals surface area contributed by atoms with Crippen LogP contribution in [0.4, 0.5) is 0 Å². The predicted molar refractivity (Wildman–Crippen MR) is 95.8 cm³/mol. The van der Waals surface area contributed by atoms with Gasteiger partial charge in [-0.05, 0) is 23.8 Å². The maximum atomic E-state index is 13.0. The summed E-state index contributed by atoms with van der Waals surface area (Å²) in [4.78, 5) is 26.1. The fourth-order valence-corrected chi connectivity index (χ4v) is 2.60.